The Hall–Kier alpha value is -4.79. The maximum absolute atomic E-state index is 11.7. The first-order valence-electron chi connectivity index (χ1n) is 18.6. The zero-order valence-corrected chi connectivity index (χ0v) is 36.6. The fourth-order valence-corrected chi connectivity index (χ4v) is 7.76. The molecule has 294 valence electrons. The second-order valence-corrected chi connectivity index (χ2v) is 16.1. The van der Waals surface area contributed by atoms with Crippen LogP contribution in [0.3, 0.4) is 0 Å². The maximum Gasteiger partial charge on any atom is 1.00 e. The van der Waals surface area contributed by atoms with E-state index in [1.807, 2.05) is 93.6 Å². The third kappa shape index (κ3) is 11.4. The predicted molar refractivity (Wildman–Crippen MR) is 223 cm³/mol. The van der Waals surface area contributed by atoms with Crippen molar-refractivity contribution in [2.75, 3.05) is 34.8 Å². The van der Waals surface area contributed by atoms with Crippen molar-refractivity contribution >= 4 is 43.0 Å². The summed E-state index contributed by atoms with van der Waals surface area (Å²) < 4.78 is 75.5. The molecule has 6 aromatic carbocycles. The molecule has 0 aliphatic heterocycles. The summed E-state index contributed by atoms with van der Waals surface area (Å²) in [5, 5.41) is 3.46. The summed E-state index contributed by atoms with van der Waals surface area (Å²) in [5.74, 6) is 1.82. The molecule has 0 aromatic heterocycles. The van der Waals surface area contributed by atoms with Crippen LogP contribution >= 0.6 is 0 Å². The minimum absolute atomic E-state index is 0. The molecule has 0 unspecified atom stereocenters. The molecule has 6 rings (SSSR count). The van der Waals surface area contributed by atoms with Gasteiger partial charge in [0.15, 0.2) is 0 Å². The molecule has 0 amide bonds. The molecule has 0 aliphatic carbocycles. The number of nitrogens with zero attached hydrogens (tertiary/aromatic N) is 2. The Morgan fingerprint density at radius 1 is 0.552 bits per heavy atom. The average Bonchev–Trinajstić information content (AvgIpc) is 3.21. The number of ether oxygens (including phenoxy) is 1. The quantitative estimate of drug-likeness (QED) is 0.0526. The summed E-state index contributed by atoms with van der Waals surface area (Å²) in [7, 11) is -9.13. The van der Waals surface area contributed by atoms with Crippen molar-refractivity contribution in [2.24, 2.45) is 0 Å². The zero-order valence-electron chi connectivity index (χ0n) is 33.0. The Morgan fingerprint density at radius 3 is 1.29 bits per heavy atom. The summed E-state index contributed by atoms with van der Waals surface area (Å²) in [5.41, 5.74) is 8.13. The van der Waals surface area contributed by atoms with Crippen LogP contribution in [0.1, 0.15) is 48.6 Å². The molecular formula is C45H44N3NaO7S2. The van der Waals surface area contributed by atoms with E-state index in [-0.39, 0.29) is 39.3 Å². The van der Waals surface area contributed by atoms with Gasteiger partial charge in [-0.05, 0) is 153 Å². The fourth-order valence-electron chi connectivity index (χ4n) is 6.68. The molecule has 58 heavy (non-hydrogen) atoms. The van der Waals surface area contributed by atoms with Crippen molar-refractivity contribution in [2.45, 2.75) is 43.7 Å². The standard InChI is InChI=1S/C45H45N3O7S2.Na/c1-4-47(31-33-9-7-11-43(29-33)56(49,50)51)40-23-15-36(16-24-40)45(35-13-19-38(20-14-35)46-39-21-27-42(28-22-39)55-6-3)37-17-25-41(26-18-37)48(5-2)32-34-10-8-12-44(30-34)57(52,53)54;/h7-30,46H,4-6,31-32H2,1-3H3,(H-,49,50,51,52,53,54);/q;+1/p-1. The molecule has 0 saturated carbocycles. The monoisotopic (exact) mass is 825 g/mol. The van der Waals surface area contributed by atoms with Gasteiger partial charge in [0.1, 0.15) is 26.0 Å². The van der Waals surface area contributed by atoms with E-state index in [1.54, 1.807) is 12.1 Å². The van der Waals surface area contributed by atoms with E-state index in [2.05, 4.69) is 51.5 Å². The number of hydrogen-bond donors (Lipinski definition) is 1. The zero-order chi connectivity index (χ0) is 40.6. The van der Waals surface area contributed by atoms with Gasteiger partial charge in [0.05, 0.1) is 39.0 Å². The number of nitrogens with one attached hydrogen (secondary N) is 1. The van der Waals surface area contributed by atoms with Crippen LogP contribution < -0.4 is 49.4 Å². The van der Waals surface area contributed by atoms with E-state index in [0.717, 1.165) is 51.1 Å². The van der Waals surface area contributed by atoms with Crippen molar-refractivity contribution in [3.63, 3.8) is 0 Å². The van der Waals surface area contributed by atoms with Crippen LogP contribution in [0, 0.1) is 5.92 Å². The normalized spacial score (nSPS) is 11.3. The smallest absolute Gasteiger partial charge is 0.744 e. The Labute approximate surface area is 364 Å². The van der Waals surface area contributed by atoms with Gasteiger partial charge in [-0.2, -0.15) is 0 Å². The third-order valence-corrected chi connectivity index (χ3v) is 11.2. The Bertz CT molecular complexity index is 2350. The van der Waals surface area contributed by atoms with Gasteiger partial charge in [0.2, 0.25) is 0 Å². The molecule has 0 radical (unpaired) electrons. The topological polar surface area (TPSA) is 142 Å². The first-order valence-corrected chi connectivity index (χ1v) is 21.4. The van der Waals surface area contributed by atoms with Gasteiger partial charge in [-0.3, -0.25) is 0 Å². The molecule has 10 nitrogen and oxygen atoms in total. The molecule has 0 atom stereocenters. The van der Waals surface area contributed by atoms with Gasteiger partial charge in [0, 0.05) is 48.9 Å². The number of rotatable bonds is 17. The maximum atomic E-state index is 11.7. The molecule has 0 aliphatic rings. The van der Waals surface area contributed by atoms with Gasteiger partial charge in [-0.1, -0.05) is 24.3 Å². The van der Waals surface area contributed by atoms with E-state index >= 15 is 0 Å². The molecule has 0 spiro atoms. The van der Waals surface area contributed by atoms with E-state index < -0.39 is 20.2 Å². The van der Waals surface area contributed by atoms with E-state index in [4.69, 9.17) is 4.74 Å². The average molecular weight is 826 g/mol. The van der Waals surface area contributed by atoms with Crippen LogP contribution in [-0.4, -0.2) is 45.6 Å². The molecule has 0 heterocycles. The van der Waals surface area contributed by atoms with Crippen LogP contribution in [0.2, 0.25) is 0 Å². The van der Waals surface area contributed by atoms with Gasteiger partial charge < -0.3 is 29.0 Å². The van der Waals surface area contributed by atoms with E-state index in [1.165, 1.54) is 24.3 Å². The van der Waals surface area contributed by atoms with Crippen LogP contribution in [0.15, 0.2) is 155 Å². The van der Waals surface area contributed by atoms with Crippen LogP contribution in [0.4, 0.5) is 22.7 Å². The number of benzene rings is 6. The van der Waals surface area contributed by atoms with Gasteiger partial charge in [0.25, 0.3) is 0 Å². The number of hydrogen-bond acceptors (Lipinski definition) is 10. The predicted octanol–water partition coefficient (Wildman–Crippen LogP) is 5.71. The summed E-state index contributed by atoms with van der Waals surface area (Å²) in [6.45, 7) is 8.74. The van der Waals surface area contributed by atoms with E-state index in [9.17, 15) is 25.9 Å². The first-order chi connectivity index (χ1) is 27.3. The van der Waals surface area contributed by atoms with Crippen molar-refractivity contribution in [1.29, 1.82) is 0 Å². The van der Waals surface area contributed by atoms with Gasteiger partial charge in [-0.15, -0.1) is 0 Å². The van der Waals surface area contributed by atoms with Crippen molar-refractivity contribution < 1.29 is 60.2 Å². The van der Waals surface area contributed by atoms with Crippen molar-refractivity contribution in [3.05, 3.63) is 179 Å². The van der Waals surface area contributed by atoms with Crippen LogP contribution in [-0.2, 0) is 33.3 Å². The largest absolute Gasteiger partial charge is 1.00 e. The van der Waals surface area contributed by atoms with Crippen molar-refractivity contribution in [3.8, 4) is 5.75 Å². The van der Waals surface area contributed by atoms with Crippen LogP contribution in [0.5, 0.6) is 5.75 Å². The van der Waals surface area contributed by atoms with Crippen LogP contribution in [0.25, 0.3) is 0 Å². The minimum Gasteiger partial charge on any atom is -0.744 e. The SMILES string of the molecule is CCOc1ccc(Nc2ccc([C+](c3ccc(N(CC)Cc4cccc(S(=O)(=O)[O-])c4)cc3)c3ccc(N(CC)Cc4cccc(S(=O)(=O)[O-])c4)cc3)cc2)cc1.[Na+]. The van der Waals surface area contributed by atoms with E-state index in [0.29, 0.717) is 43.9 Å². The summed E-state index contributed by atoms with van der Waals surface area (Å²) in [6.07, 6.45) is 0. The Morgan fingerprint density at radius 2 is 0.931 bits per heavy atom. The molecule has 0 fully saturated rings. The second-order valence-electron chi connectivity index (χ2n) is 13.4. The van der Waals surface area contributed by atoms with Crippen molar-refractivity contribution in [1.82, 2.24) is 0 Å². The number of anilines is 4. The molecule has 0 saturated heterocycles. The molecule has 0 bridgehead atoms. The molecule has 13 heteroatoms. The summed E-state index contributed by atoms with van der Waals surface area (Å²) in [6, 6.07) is 44.8. The first kappa shape index (κ1) is 44.3. The minimum atomic E-state index is -4.57. The van der Waals surface area contributed by atoms with Gasteiger partial charge >= 0.3 is 29.6 Å². The Kier molecular flexibility index (Phi) is 15.1. The fraction of sp³-hybridized carbons (Fsp3) is 0.178. The summed E-state index contributed by atoms with van der Waals surface area (Å²) >= 11 is 0. The Balaban J connectivity index is 0.00000641. The summed E-state index contributed by atoms with van der Waals surface area (Å²) in [4.78, 5) is 3.72. The second kappa shape index (κ2) is 19.8. The third-order valence-electron chi connectivity index (χ3n) is 9.55. The molecule has 1 N–H and O–H groups in total. The molecular weight excluding hydrogens is 782 g/mol. The van der Waals surface area contributed by atoms with Gasteiger partial charge in [-0.25, -0.2) is 16.8 Å². The molecule has 6 aromatic rings.